The molecule has 0 saturated carbocycles. The highest BCUT2D eigenvalue weighted by Crippen LogP contribution is 2.46. The zero-order chi connectivity index (χ0) is 22.4. The van der Waals surface area contributed by atoms with Crippen molar-refractivity contribution in [3.63, 3.8) is 0 Å². The Morgan fingerprint density at radius 1 is 0.897 bits per heavy atom. The minimum atomic E-state index is -5.49. The topological polar surface area (TPSA) is 68.1 Å². The molecule has 0 spiro atoms. The van der Waals surface area contributed by atoms with Gasteiger partial charge >= 0.3 is 18.5 Å². The first-order valence-electron chi connectivity index (χ1n) is 6.98. The Hall–Kier alpha value is -2.77. The predicted octanol–water partition coefficient (Wildman–Crippen LogP) is 6.44. The molecule has 0 aliphatic heterocycles. The molecule has 2 aromatic rings. The van der Waals surface area contributed by atoms with Crippen molar-refractivity contribution in [2.75, 3.05) is 5.32 Å². The second-order valence-corrected chi connectivity index (χ2v) is 5.75. The molecule has 0 aliphatic rings. The highest BCUT2D eigenvalue weighted by Gasteiger charge is 2.43. The summed E-state index contributed by atoms with van der Waals surface area (Å²) < 4.78 is 117. The summed E-state index contributed by atoms with van der Waals surface area (Å²) in [7, 11) is 0. The van der Waals surface area contributed by atoms with E-state index in [9.17, 15) is 49.6 Å². The van der Waals surface area contributed by atoms with Gasteiger partial charge in [-0.15, -0.1) is 0 Å². The molecule has 0 amide bonds. The van der Waals surface area contributed by atoms with Gasteiger partial charge in [-0.05, 0) is 6.07 Å². The normalized spacial score (nSPS) is 12.8. The van der Waals surface area contributed by atoms with Crippen LogP contribution in [0.1, 0.15) is 16.7 Å². The molecule has 0 radical (unpaired) electrons. The van der Waals surface area contributed by atoms with E-state index in [2.05, 4.69) is 4.98 Å². The number of hydrogen-bond acceptors (Lipinski definition) is 4. The maximum absolute atomic E-state index is 13.3. The Morgan fingerprint density at radius 2 is 1.38 bits per heavy atom. The maximum Gasteiger partial charge on any atom is 0.418 e. The molecule has 0 saturated heterocycles. The van der Waals surface area contributed by atoms with Crippen molar-refractivity contribution in [3.8, 4) is 0 Å². The van der Waals surface area contributed by atoms with Gasteiger partial charge < -0.3 is 5.32 Å². The van der Waals surface area contributed by atoms with E-state index in [0.29, 0.717) is 0 Å². The minimum Gasteiger partial charge on any atom is -0.338 e. The molecule has 0 bridgehead atoms. The molecule has 1 N–H and O–H groups in total. The van der Waals surface area contributed by atoms with Crippen molar-refractivity contribution < 1.29 is 44.4 Å². The second-order valence-electron chi connectivity index (χ2n) is 5.35. The molecule has 2 rings (SSSR count). The van der Waals surface area contributed by atoms with Gasteiger partial charge in [0.2, 0.25) is 0 Å². The molecule has 29 heavy (non-hydrogen) atoms. The lowest BCUT2D eigenvalue weighted by molar-refractivity contribution is -0.385. The van der Waals surface area contributed by atoms with E-state index < -0.39 is 62.4 Å². The number of aromatic nitrogens is 1. The minimum absolute atomic E-state index is 0.139. The van der Waals surface area contributed by atoms with Gasteiger partial charge in [0.25, 0.3) is 5.69 Å². The summed E-state index contributed by atoms with van der Waals surface area (Å²) in [6.07, 6.45) is -15.8. The molecule has 0 atom stereocenters. The van der Waals surface area contributed by atoms with E-state index >= 15 is 0 Å². The lowest BCUT2D eigenvalue weighted by atomic mass is 10.0. The van der Waals surface area contributed by atoms with E-state index in [-0.39, 0.29) is 24.4 Å². The van der Waals surface area contributed by atoms with Crippen LogP contribution in [0.25, 0.3) is 0 Å². The number of anilines is 2. The summed E-state index contributed by atoms with van der Waals surface area (Å²) >= 11 is 5.50. The lowest BCUT2D eigenvalue weighted by Gasteiger charge is -2.20. The zero-order valence-corrected chi connectivity index (χ0v) is 14.1. The molecule has 0 aliphatic carbocycles. The number of halogens is 10. The Bertz CT molecular complexity index is 920. The molecule has 1 heterocycles. The standard InChI is InChI=1S/C14H5ClF9N3O2/c15-9-1-5(12(16,17)18)4-25-11(9)26-10-7(13(19,20)21)2-6(27(28)29)3-8(10)14(22,23)24/h1-4H,(H,25,26). The highest BCUT2D eigenvalue weighted by molar-refractivity contribution is 6.33. The van der Waals surface area contributed by atoms with Crippen LogP contribution in [0.5, 0.6) is 0 Å². The van der Waals surface area contributed by atoms with E-state index in [0.717, 1.165) is 0 Å². The van der Waals surface area contributed by atoms with Gasteiger partial charge in [0.15, 0.2) is 0 Å². The number of alkyl halides is 9. The van der Waals surface area contributed by atoms with Crippen molar-refractivity contribution in [1.82, 2.24) is 4.98 Å². The molecular weight excluding hydrogens is 449 g/mol. The fourth-order valence-electron chi connectivity index (χ4n) is 2.12. The summed E-state index contributed by atoms with van der Waals surface area (Å²) in [6.45, 7) is 0. The number of pyridine rings is 1. The molecule has 0 fully saturated rings. The van der Waals surface area contributed by atoms with Gasteiger partial charge in [-0.2, -0.15) is 39.5 Å². The van der Waals surface area contributed by atoms with Gasteiger partial charge in [-0.3, -0.25) is 10.1 Å². The van der Waals surface area contributed by atoms with Crippen LogP contribution in [-0.4, -0.2) is 9.91 Å². The van der Waals surface area contributed by atoms with E-state index in [1.54, 1.807) is 5.32 Å². The largest absolute Gasteiger partial charge is 0.418 e. The van der Waals surface area contributed by atoms with Crippen molar-refractivity contribution in [2.24, 2.45) is 0 Å². The molecule has 1 aromatic carbocycles. The SMILES string of the molecule is O=[N+]([O-])c1cc(C(F)(F)F)c(Nc2ncc(C(F)(F)F)cc2Cl)c(C(F)(F)F)c1. The zero-order valence-electron chi connectivity index (χ0n) is 13.3. The summed E-state index contributed by atoms with van der Waals surface area (Å²) in [4.78, 5) is 12.4. The molecule has 0 unspecified atom stereocenters. The van der Waals surface area contributed by atoms with Gasteiger partial charge in [-0.25, -0.2) is 4.98 Å². The Labute approximate surface area is 159 Å². The smallest absolute Gasteiger partial charge is 0.338 e. The number of rotatable bonds is 3. The van der Waals surface area contributed by atoms with Crippen LogP contribution < -0.4 is 5.32 Å². The van der Waals surface area contributed by atoms with Crippen LogP contribution >= 0.6 is 11.6 Å². The molecule has 15 heteroatoms. The fraction of sp³-hybridized carbons (Fsp3) is 0.214. The maximum atomic E-state index is 13.3. The summed E-state index contributed by atoms with van der Waals surface area (Å²) in [5.74, 6) is -0.954. The van der Waals surface area contributed by atoms with Crippen LogP contribution in [0.4, 0.5) is 56.7 Å². The van der Waals surface area contributed by atoms with Gasteiger partial charge in [0, 0.05) is 18.3 Å². The third kappa shape index (κ3) is 4.99. The van der Waals surface area contributed by atoms with Crippen molar-refractivity contribution in [1.29, 1.82) is 0 Å². The Balaban J connectivity index is 2.73. The number of nitrogens with one attached hydrogen (secondary N) is 1. The third-order valence-electron chi connectivity index (χ3n) is 3.36. The number of nitro benzene ring substituents is 1. The first kappa shape index (κ1) is 22.5. The number of benzene rings is 1. The lowest BCUT2D eigenvalue weighted by Crippen LogP contribution is -2.17. The monoisotopic (exact) mass is 453 g/mol. The van der Waals surface area contributed by atoms with Crippen molar-refractivity contribution in [3.05, 3.63) is 56.2 Å². The fourth-order valence-corrected chi connectivity index (χ4v) is 2.33. The van der Waals surface area contributed by atoms with Crippen LogP contribution in [0.2, 0.25) is 5.02 Å². The number of nitrogens with zero attached hydrogens (tertiary/aromatic N) is 2. The summed E-state index contributed by atoms with van der Waals surface area (Å²) in [5.41, 5.74) is -8.77. The van der Waals surface area contributed by atoms with Crippen LogP contribution in [0.15, 0.2) is 24.4 Å². The van der Waals surface area contributed by atoms with E-state index in [4.69, 9.17) is 11.6 Å². The van der Waals surface area contributed by atoms with Crippen LogP contribution in [0, 0.1) is 10.1 Å². The average Bonchev–Trinajstić information content (AvgIpc) is 2.53. The second kappa shape index (κ2) is 7.24. The summed E-state index contributed by atoms with van der Waals surface area (Å²) in [6, 6.07) is -0.0755. The molecule has 158 valence electrons. The predicted molar refractivity (Wildman–Crippen MR) is 80.6 cm³/mol. The van der Waals surface area contributed by atoms with Gasteiger partial charge in [-0.1, -0.05) is 11.6 Å². The van der Waals surface area contributed by atoms with E-state index in [1.807, 2.05) is 0 Å². The van der Waals surface area contributed by atoms with Crippen molar-refractivity contribution >= 4 is 28.8 Å². The Kier molecular flexibility index (Phi) is 5.62. The highest BCUT2D eigenvalue weighted by atomic mass is 35.5. The number of non-ortho nitro benzene ring substituents is 1. The molecule has 5 nitrogen and oxygen atoms in total. The quantitative estimate of drug-likeness (QED) is 0.330. The number of hydrogen-bond donors (Lipinski definition) is 1. The summed E-state index contributed by atoms with van der Waals surface area (Å²) in [5, 5.41) is 11.4. The van der Waals surface area contributed by atoms with E-state index in [1.165, 1.54) is 0 Å². The Morgan fingerprint density at radius 3 is 1.72 bits per heavy atom. The third-order valence-corrected chi connectivity index (χ3v) is 3.64. The van der Waals surface area contributed by atoms with Gasteiger partial charge in [0.1, 0.15) is 5.82 Å². The van der Waals surface area contributed by atoms with Gasteiger partial charge in [0.05, 0.1) is 32.3 Å². The first-order valence-corrected chi connectivity index (χ1v) is 7.36. The van der Waals surface area contributed by atoms with Crippen LogP contribution in [0.3, 0.4) is 0 Å². The van der Waals surface area contributed by atoms with Crippen LogP contribution in [-0.2, 0) is 18.5 Å². The molecular formula is C14H5ClF9N3O2. The first-order chi connectivity index (χ1) is 13.0. The number of nitro groups is 1. The van der Waals surface area contributed by atoms with Crippen molar-refractivity contribution in [2.45, 2.75) is 18.5 Å². The molecule has 1 aromatic heterocycles. The average molecular weight is 454 g/mol.